The van der Waals surface area contributed by atoms with Crippen molar-refractivity contribution >= 4 is 21.8 Å². The number of aromatic hydroxyl groups is 1. The van der Waals surface area contributed by atoms with Gasteiger partial charge in [0.2, 0.25) is 0 Å². The van der Waals surface area contributed by atoms with Crippen LogP contribution in [0, 0.1) is 0 Å². The van der Waals surface area contributed by atoms with E-state index in [-0.39, 0.29) is 11.3 Å². The van der Waals surface area contributed by atoms with Gasteiger partial charge in [-0.1, -0.05) is 15.9 Å². The number of phenols is 1. The molecule has 0 saturated heterocycles. The molecule has 0 aliphatic rings. The number of benzene rings is 1. The minimum absolute atomic E-state index is 0.0685. The van der Waals surface area contributed by atoms with E-state index in [0.717, 1.165) is 0 Å². The number of carbonyl (C=O) groups excluding carboxylic acids is 1. The van der Waals surface area contributed by atoms with Crippen molar-refractivity contribution in [1.82, 2.24) is 5.32 Å². The topological polar surface area (TPSA) is 75.3 Å². The second-order valence-corrected chi connectivity index (χ2v) is 4.32. The maximum Gasteiger partial charge on any atom is 0.277 e. The van der Waals surface area contributed by atoms with E-state index >= 15 is 0 Å². The predicted octanol–water partition coefficient (Wildman–Crippen LogP) is 1.48. The summed E-state index contributed by atoms with van der Waals surface area (Å²) in [7, 11) is 0. The van der Waals surface area contributed by atoms with Crippen molar-refractivity contribution < 1.29 is 18.7 Å². The molecule has 0 bridgehead atoms. The molecular weight excluding hydrogens is 298 g/mol. The highest BCUT2D eigenvalue weighted by Crippen LogP contribution is 2.22. The van der Waals surface area contributed by atoms with Crippen LogP contribution in [0.1, 0.15) is 10.4 Å². The van der Waals surface area contributed by atoms with Crippen LogP contribution in [-0.4, -0.2) is 30.0 Å². The van der Waals surface area contributed by atoms with Crippen molar-refractivity contribution in [1.29, 1.82) is 0 Å². The standard InChI is InChI=1S/C10H11BrF2N2O2/c11-6-1-2-7(8(16)3-6)9(17)15-5-10(12,13)4-14/h1-3,16H,4-5,14H2,(H,15,17). The van der Waals surface area contributed by atoms with E-state index in [1.165, 1.54) is 18.2 Å². The van der Waals surface area contributed by atoms with Crippen LogP contribution in [0.25, 0.3) is 0 Å². The lowest BCUT2D eigenvalue weighted by atomic mass is 10.2. The van der Waals surface area contributed by atoms with Gasteiger partial charge in [0.25, 0.3) is 11.8 Å². The molecule has 1 aromatic rings. The first-order chi connectivity index (χ1) is 7.85. The molecule has 4 nitrogen and oxygen atoms in total. The number of alkyl halides is 2. The molecule has 0 aliphatic heterocycles. The predicted molar refractivity (Wildman–Crippen MR) is 62.1 cm³/mol. The van der Waals surface area contributed by atoms with Crippen molar-refractivity contribution in [2.45, 2.75) is 5.92 Å². The lowest BCUT2D eigenvalue weighted by Crippen LogP contribution is -2.41. The number of nitrogens with one attached hydrogen (secondary N) is 1. The molecule has 1 aromatic carbocycles. The van der Waals surface area contributed by atoms with E-state index in [2.05, 4.69) is 15.9 Å². The number of rotatable bonds is 4. The number of hydrogen-bond acceptors (Lipinski definition) is 3. The second kappa shape index (κ2) is 5.42. The van der Waals surface area contributed by atoms with E-state index in [1.54, 1.807) is 0 Å². The molecule has 0 spiro atoms. The summed E-state index contributed by atoms with van der Waals surface area (Å²) in [5.74, 6) is -4.21. The molecule has 94 valence electrons. The lowest BCUT2D eigenvalue weighted by molar-refractivity contribution is 0.0118. The molecule has 0 heterocycles. The van der Waals surface area contributed by atoms with E-state index in [1.807, 2.05) is 5.32 Å². The van der Waals surface area contributed by atoms with Crippen LogP contribution in [0.15, 0.2) is 22.7 Å². The average Bonchev–Trinajstić information content (AvgIpc) is 2.26. The molecule has 17 heavy (non-hydrogen) atoms. The lowest BCUT2D eigenvalue weighted by Gasteiger charge is -2.14. The first kappa shape index (κ1) is 13.9. The number of nitrogens with two attached hydrogens (primary N) is 1. The van der Waals surface area contributed by atoms with Crippen LogP contribution < -0.4 is 11.1 Å². The fraction of sp³-hybridized carbons (Fsp3) is 0.300. The summed E-state index contributed by atoms with van der Waals surface area (Å²) < 4.78 is 26.2. The Bertz CT molecular complexity index is 427. The molecule has 7 heteroatoms. The van der Waals surface area contributed by atoms with Crippen LogP contribution in [0.2, 0.25) is 0 Å². The first-order valence-electron chi connectivity index (χ1n) is 4.70. The number of amides is 1. The maximum atomic E-state index is 12.8. The number of carbonyl (C=O) groups is 1. The van der Waals surface area contributed by atoms with E-state index < -0.39 is 24.9 Å². The Balaban J connectivity index is 2.71. The van der Waals surface area contributed by atoms with Crippen molar-refractivity contribution in [3.63, 3.8) is 0 Å². The molecule has 4 N–H and O–H groups in total. The molecule has 0 radical (unpaired) electrons. The second-order valence-electron chi connectivity index (χ2n) is 3.40. The summed E-state index contributed by atoms with van der Waals surface area (Å²) >= 11 is 3.10. The summed E-state index contributed by atoms with van der Waals surface area (Å²) in [6, 6.07) is 4.15. The minimum Gasteiger partial charge on any atom is -0.507 e. The molecule has 1 amide bonds. The van der Waals surface area contributed by atoms with Crippen LogP contribution >= 0.6 is 15.9 Å². The number of halogens is 3. The van der Waals surface area contributed by atoms with Crippen LogP contribution in [0.4, 0.5) is 8.78 Å². The van der Waals surface area contributed by atoms with Gasteiger partial charge in [-0.15, -0.1) is 0 Å². The summed E-state index contributed by atoms with van der Waals surface area (Å²) in [5.41, 5.74) is 4.76. The van der Waals surface area contributed by atoms with Crippen LogP contribution in [-0.2, 0) is 0 Å². The fourth-order valence-corrected chi connectivity index (χ4v) is 1.42. The van der Waals surface area contributed by atoms with Crippen LogP contribution in [0.3, 0.4) is 0 Å². The minimum atomic E-state index is -3.15. The first-order valence-corrected chi connectivity index (χ1v) is 5.49. The monoisotopic (exact) mass is 308 g/mol. The molecule has 0 saturated carbocycles. The maximum absolute atomic E-state index is 12.8. The molecule has 0 aromatic heterocycles. The molecule has 1 rings (SSSR count). The van der Waals surface area contributed by atoms with Gasteiger partial charge >= 0.3 is 0 Å². The average molecular weight is 309 g/mol. The zero-order chi connectivity index (χ0) is 13.1. The Morgan fingerprint density at radius 1 is 1.53 bits per heavy atom. The third kappa shape index (κ3) is 3.94. The quantitative estimate of drug-likeness (QED) is 0.788. The van der Waals surface area contributed by atoms with Crippen molar-refractivity contribution in [2.24, 2.45) is 5.73 Å². The molecule has 0 unspecified atom stereocenters. The van der Waals surface area contributed by atoms with E-state index in [0.29, 0.717) is 4.47 Å². The van der Waals surface area contributed by atoms with Gasteiger partial charge in [0, 0.05) is 4.47 Å². The van der Waals surface area contributed by atoms with Gasteiger partial charge in [-0.25, -0.2) is 8.78 Å². The van der Waals surface area contributed by atoms with Gasteiger partial charge in [0.1, 0.15) is 5.75 Å². The Morgan fingerprint density at radius 2 is 2.18 bits per heavy atom. The van der Waals surface area contributed by atoms with Gasteiger partial charge in [-0.3, -0.25) is 4.79 Å². The van der Waals surface area contributed by atoms with Crippen molar-refractivity contribution in [3.8, 4) is 5.75 Å². The van der Waals surface area contributed by atoms with Crippen molar-refractivity contribution in [3.05, 3.63) is 28.2 Å². The highest BCUT2D eigenvalue weighted by atomic mass is 79.9. The Kier molecular flexibility index (Phi) is 4.41. The van der Waals surface area contributed by atoms with Crippen molar-refractivity contribution in [2.75, 3.05) is 13.1 Å². The number of phenolic OH excluding ortho intramolecular Hbond substituents is 1. The largest absolute Gasteiger partial charge is 0.507 e. The summed E-state index contributed by atoms with van der Waals surface area (Å²) in [4.78, 5) is 11.5. The summed E-state index contributed by atoms with van der Waals surface area (Å²) in [5, 5.41) is 11.5. The van der Waals surface area contributed by atoms with E-state index in [9.17, 15) is 18.7 Å². The zero-order valence-corrected chi connectivity index (χ0v) is 10.3. The highest BCUT2D eigenvalue weighted by molar-refractivity contribution is 9.10. The SMILES string of the molecule is NCC(F)(F)CNC(=O)c1ccc(Br)cc1O. The van der Waals surface area contributed by atoms with Gasteiger partial charge in [-0.2, -0.15) is 0 Å². The number of hydrogen-bond donors (Lipinski definition) is 3. The van der Waals surface area contributed by atoms with E-state index in [4.69, 9.17) is 5.73 Å². The third-order valence-corrected chi connectivity index (χ3v) is 2.50. The Labute approximate surface area is 105 Å². The Morgan fingerprint density at radius 3 is 2.71 bits per heavy atom. The Hall–Kier alpha value is -1.21. The smallest absolute Gasteiger partial charge is 0.277 e. The van der Waals surface area contributed by atoms with Gasteiger partial charge in [0.15, 0.2) is 0 Å². The zero-order valence-electron chi connectivity index (χ0n) is 8.71. The van der Waals surface area contributed by atoms with Gasteiger partial charge < -0.3 is 16.2 Å². The van der Waals surface area contributed by atoms with Crippen LogP contribution in [0.5, 0.6) is 5.75 Å². The summed E-state index contributed by atoms with van der Waals surface area (Å²) in [6.45, 7) is -1.71. The highest BCUT2D eigenvalue weighted by Gasteiger charge is 2.27. The normalized spacial score (nSPS) is 11.3. The molecule has 0 aliphatic carbocycles. The summed E-state index contributed by atoms with van der Waals surface area (Å²) in [6.07, 6.45) is 0. The van der Waals surface area contributed by atoms with Gasteiger partial charge in [-0.05, 0) is 18.2 Å². The fourth-order valence-electron chi connectivity index (χ4n) is 1.07. The third-order valence-electron chi connectivity index (χ3n) is 2.01. The molecule has 0 atom stereocenters. The molecule has 0 fully saturated rings. The van der Waals surface area contributed by atoms with Gasteiger partial charge in [0.05, 0.1) is 18.7 Å². The molecular formula is C10H11BrF2N2O2.